The summed E-state index contributed by atoms with van der Waals surface area (Å²) in [6, 6.07) is 11.9. The van der Waals surface area contributed by atoms with Crippen molar-refractivity contribution in [2.75, 3.05) is 7.11 Å². The Hall–Kier alpha value is -2.33. The summed E-state index contributed by atoms with van der Waals surface area (Å²) in [7, 11) is -4.54. The lowest BCUT2D eigenvalue weighted by atomic mass is 10.2. The van der Waals surface area contributed by atoms with Gasteiger partial charge in [-0.25, -0.2) is 8.42 Å². The first-order valence-electron chi connectivity index (χ1n) is 6.79. The number of methoxy groups -OCH3 is 1. The van der Waals surface area contributed by atoms with E-state index in [1.54, 1.807) is 13.2 Å². The van der Waals surface area contributed by atoms with Gasteiger partial charge in [-0.1, -0.05) is 30.3 Å². The van der Waals surface area contributed by atoms with Crippen LogP contribution in [-0.4, -0.2) is 30.7 Å². The highest BCUT2D eigenvalue weighted by molar-refractivity contribution is 7.86. The molecule has 138 valence electrons. The van der Waals surface area contributed by atoms with E-state index in [0.717, 1.165) is 12.2 Å². The molecule has 0 radical (unpaired) electrons. The molecule has 0 saturated heterocycles. The Morgan fingerprint density at radius 1 is 1.20 bits per heavy atom. The average Bonchev–Trinajstić information content (AvgIpc) is 2.52. The van der Waals surface area contributed by atoms with E-state index in [1.165, 1.54) is 5.56 Å². The topological polar surface area (TPSA) is 90.5 Å². The maximum absolute atomic E-state index is 10.7. The summed E-state index contributed by atoms with van der Waals surface area (Å²) in [4.78, 5) is 0. The first kappa shape index (κ1) is 20.7. The van der Waals surface area contributed by atoms with E-state index in [9.17, 15) is 18.3 Å². The zero-order valence-electron chi connectivity index (χ0n) is 13.3. The number of hydrogen-bond acceptors (Lipinski definition) is 5. The number of rotatable bonds is 3. The largest absolute Gasteiger partial charge is 0.741 e. The molecule has 0 aliphatic heterocycles. The van der Waals surface area contributed by atoms with Crippen molar-refractivity contribution < 1.29 is 40.6 Å². The number of benzene rings is 1. The molecule has 0 atom stereocenters. The SMILES string of the molecule is COc1cc[n+](Cc2ccccc2)c(C)c1O.O=S(=O)([O-])C(F)(F)F. The molecule has 25 heavy (non-hydrogen) atoms. The molecular weight excluding hydrogens is 363 g/mol. The Morgan fingerprint density at radius 3 is 2.16 bits per heavy atom. The van der Waals surface area contributed by atoms with Gasteiger partial charge in [0.25, 0.3) is 0 Å². The van der Waals surface area contributed by atoms with Crippen LogP contribution in [0.15, 0.2) is 42.6 Å². The number of halogens is 3. The summed E-state index contributed by atoms with van der Waals surface area (Å²) in [6.45, 7) is 2.62. The van der Waals surface area contributed by atoms with Crippen LogP contribution in [0.3, 0.4) is 0 Å². The standard InChI is InChI=1S/C14H15NO2.CHF3O3S/c1-11-14(16)13(17-2)8-9-15(11)10-12-6-4-3-5-7-12;2-1(3,4)8(5,6)7/h3-9H,10H2,1-2H3;(H,5,6,7). The van der Waals surface area contributed by atoms with Crippen LogP contribution in [0.2, 0.25) is 0 Å². The Bertz CT molecular complexity index is 808. The van der Waals surface area contributed by atoms with Crippen LogP contribution in [0, 0.1) is 6.92 Å². The number of nitrogens with zero attached hydrogens (tertiary/aromatic N) is 1. The number of alkyl halides is 3. The van der Waals surface area contributed by atoms with Crippen molar-refractivity contribution in [2.45, 2.75) is 19.0 Å². The van der Waals surface area contributed by atoms with Crippen LogP contribution in [0.4, 0.5) is 13.2 Å². The molecule has 1 aromatic heterocycles. The second-order valence-corrected chi connectivity index (χ2v) is 6.20. The summed E-state index contributed by atoms with van der Waals surface area (Å²) in [5.41, 5.74) is -3.65. The predicted octanol–water partition coefficient (Wildman–Crippen LogP) is 2.10. The van der Waals surface area contributed by atoms with Gasteiger partial charge in [-0.15, -0.1) is 0 Å². The number of aromatic hydroxyl groups is 1. The van der Waals surface area contributed by atoms with Crippen LogP contribution in [0.1, 0.15) is 11.3 Å². The summed E-state index contributed by atoms with van der Waals surface area (Å²) in [5, 5.41) is 9.91. The maximum atomic E-state index is 10.7. The number of hydrogen-bond donors (Lipinski definition) is 1. The fourth-order valence-electron chi connectivity index (χ4n) is 1.78. The van der Waals surface area contributed by atoms with Crippen LogP contribution in [0.25, 0.3) is 0 Å². The lowest BCUT2D eigenvalue weighted by molar-refractivity contribution is -0.694. The minimum absolute atomic E-state index is 0.200. The van der Waals surface area contributed by atoms with Crippen LogP contribution < -0.4 is 9.30 Å². The van der Waals surface area contributed by atoms with Gasteiger partial charge >= 0.3 is 5.51 Å². The van der Waals surface area contributed by atoms with Gasteiger partial charge in [0, 0.05) is 18.6 Å². The zero-order chi connectivity index (χ0) is 19.3. The molecule has 2 rings (SSSR count). The van der Waals surface area contributed by atoms with Crippen molar-refractivity contribution >= 4 is 10.1 Å². The molecule has 0 bridgehead atoms. The van der Waals surface area contributed by atoms with E-state index in [-0.39, 0.29) is 5.75 Å². The van der Waals surface area contributed by atoms with Crippen molar-refractivity contribution in [3.05, 3.63) is 53.9 Å². The summed E-state index contributed by atoms with van der Waals surface area (Å²) in [6.07, 6.45) is 1.92. The Balaban J connectivity index is 0.000000333. The molecule has 0 aliphatic rings. The predicted molar refractivity (Wildman–Crippen MR) is 80.9 cm³/mol. The molecule has 0 saturated carbocycles. The third-order valence-electron chi connectivity index (χ3n) is 3.11. The highest BCUT2D eigenvalue weighted by Crippen LogP contribution is 2.26. The van der Waals surface area contributed by atoms with Crippen molar-refractivity contribution in [1.29, 1.82) is 0 Å². The van der Waals surface area contributed by atoms with Gasteiger partial charge in [0.05, 0.1) is 7.11 Å². The monoisotopic (exact) mass is 379 g/mol. The van der Waals surface area contributed by atoms with E-state index >= 15 is 0 Å². The van der Waals surface area contributed by atoms with Gasteiger partial charge in [-0.05, 0) is 0 Å². The summed E-state index contributed by atoms with van der Waals surface area (Å²) >= 11 is 0. The van der Waals surface area contributed by atoms with E-state index in [2.05, 4.69) is 12.1 Å². The quantitative estimate of drug-likeness (QED) is 0.501. The molecule has 0 unspecified atom stereocenters. The van der Waals surface area contributed by atoms with Gasteiger partial charge < -0.3 is 14.4 Å². The highest BCUT2D eigenvalue weighted by atomic mass is 32.2. The lowest BCUT2D eigenvalue weighted by Crippen LogP contribution is -2.37. The van der Waals surface area contributed by atoms with Crippen molar-refractivity contribution in [3.8, 4) is 11.5 Å². The number of aromatic nitrogens is 1. The molecule has 0 spiro atoms. The third-order valence-corrected chi connectivity index (χ3v) is 3.68. The maximum Gasteiger partial charge on any atom is 0.485 e. The van der Waals surface area contributed by atoms with Gasteiger partial charge in [0.15, 0.2) is 28.6 Å². The molecule has 1 N–H and O–H groups in total. The molecule has 10 heteroatoms. The summed E-state index contributed by atoms with van der Waals surface area (Å²) < 4.78 is 66.0. The summed E-state index contributed by atoms with van der Waals surface area (Å²) in [5.74, 6) is 0.706. The minimum atomic E-state index is -6.09. The van der Waals surface area contributed by atoms with E-state index in [0.29, 0.717) is 5.75 Å². The van der Waals surface area contributed by atoms with Gasteiger partial charge in [-0.3, -0.25) is 0 Å². The van der Waals surface area contributed by atoms with Gasteiger partial charge in [0.1, 0.15) is 0 Å². The molecule has 0 aliphatic carbocycles. The van der Waals surface area contributed by atoms with Gasteiger partial charge in [-0.2, -0.15) is 17.7 Å². The minimum Gasteiger partial charge on any atom is -0.741 e. The lowest BCUT2D eigenvalue weighted by Gasteiger charge is -2.08. The van der Waals surface area contributed by atoms with Crippen molar-refractivity contribution in [3.63, 3.8) is 0 Å². The second kappa shape index (κ2) is 8.17. The molecule has 1 aromatic carbocycles. The number of pyridine rings is 1. The van der Waals surface area contributed by atoms with Gasteiger partial charge in [0.2, 0.25) is 11.4 Å². The van der Waals surface area contributed by atoms with Crippen LogP contribution in [0.5, 0.6) is 11.5 Å². The van der Waals surface area contributed by atoms with E-state index in [1.807, 2.05) is 35.9 Å². The van der Waals surface area contributed by atoms with Crippen molar-refractivity contribution in [1.82, 2.24) is 0 Å². The Labute approximate surface area is 142 Å². The smallest absolute Gasteiger partial charge is 0.485 e. The van der Waals surface area contributed by atoms with Crippen LogP contribution in [-0.2, 0) is 16.7 Å². The fourth-order valence-corrected chi connectivity index (χ4v) is 1.78. The normalized spacial score (nSPS) is 11.4. The first-order valence-corrected chi connectivity index (χ1v) is 8.20. The van der Waals surface area contributed by atoms with E-state index in [4.69, 9.17) is 17.7 Å². The molecular formula is C15H16F3NO5S. The average molecular weight is 379 g/mol. The molecule has 1 heterocycles. The van der Waals surface area contributed by atoms with Crippen molar-refractivity contribution in [2.24, 2.45) is 0 Å². The zero-order valence-corrected chi connectivity index (χ0v) is 14.1. The second-order valence-electron chi connectivity index (χ2n) is 4.83. The third kappa shape index (κ3) is 5.91. The Morgan fingerprint density at radius 2 is 1.72 bits per heavy atom. The van der Waals surface area contributed by atoms with E-state index < -0.39 is 15.6 Å². The Kier molecular flexibility index (Phi) is 6.77. The molecule has 0 amide bonds. The fraction of sp³-hybridized carbons (Fsp3) is 0.267. The van der Waals surface area contributed by atoms with Crippen LogP contribution >= 0.6 is 0 Å². The first-order chi connectivity index (χ1) is 11.5. The molecule has 0 fully saturated rings. The highest BCUT2D eigenvalue weighted by Gasteiger charge is 2.36. The number of ether oxygens (including phenoxy) is 1. The molecule has 2 aromatic rings. The molecule has 6 nitrogen and oxygen atoms in total.